The van der Waals surface area contributed by atoms with Crippen molar-refractivity contribution in [1.29, 1.82) is 0 Å². The number of hydrogen-bond acceptors (Lipinski definition) is 1. The lowest BCUT2D eigenvalue weighted by atomic mass is 9.92. The van der Waals surface area contributed by atoms with Gasteiger partial charge in [-0.3, -0.25) is 4.29 Å². The van der Waals surface area contributed by atoms with Crippen molar-refractivity contribution in [3.05, 3.63) is 53.6 Å². The fraction of sp³-hybridized carbons (Fsp3) is 0.0769. The molecule has 0 spiro atoms. The van der Waals surface area contributed by atoms with Gasteiger partial charge in [-0.2, -0.15) is 0 Å². The topological polar surface area (TPSA) is 9.23 Å². The first kappa shape index (κ1) is 8.96. The SMILES string of the molecule is ClOC1C=Cc2cccc3cccc1c23. The molecule has 1 aliphatic carbocycles. The summed E-state index contributed by atoms with van der Waals surface area (Å²) in [5.41, 5.74) is 2.37. The molecule has 1 nitrogen and oxygen atoms in total. The van der Waals surface area contributed by atoms with Crippen LogP contribution in [0.15, 0.2) is 42.5 Å². The Kier molecular flexibility index (Phi) is 2.01. The van der Waals surface area contributed by atoms with Crippen molar-refractivity contribution < 1.29 is 4.29 Å². The molecule has 0 fully saturated rings. The van der Waals surface area contributed by atoms with E-state index in [9.17, 15) is 0 Å². The predicted molar refractivity (Wildman–Crippen MR) is 62.7 cm³/mol. The lowest BCUT2D eigenvalue weighted by molar-refractivity contribution is 0.286. The first-order valence-electron chi connectivity index (χ1n) is 4.87. The van der Waals surface area contributed by atoms with Gasteiger partial charge >= 0.3 is 0 Å². The van der Waals surface area contributed by atoms with Gasteiger partial charge in [0.1, 0.15) is 6.10 Å². The van der Waals surface area contributed by atoms with Gasteiger partial charge in [-0.05, 0) is 28.0 Å². The lowest BCUT2D eigenvalue weighted by Gasteiger charge is -2.18. The highest BCUT2D eigenvalue weighted by Crippen LogP contribution is 2.35. The molecule has 74 valence electrons. The average molecular weight is 217 g/mol. The zero-order valence-electron chi connectivity index (χ0n) is 7.98. The van der Waals surface area contributed by atoms with Crippen molar-refractivity contribution in [2.45, 2.75) is 6.10 Å². The van der Waals surface area contributed by atoms with Gasteiger partial charge in [0.05, 0.1) is 11.9 Å². The van der Waals surface area contributed by atoms with Crippen LogP contribution in [0.1, 0.15) is 17.2 Å². The Morgan fingerprint density at radius 2 is 1.87 bits per heavy atom. The van der Waals surface area contributed by atoms with E-state index >= 15 is 0 Å². The molecular formula is C13H9ClO. The quantitative estimate of drug-likeness (QED) is 0.698. The maximum Gasteiger partial charge on any atom is 0.123 e. The van der Waals surface area contributed by atoms with Crippen molar-refractivity contribution >= 4 is 28.7 Å². The van der Waals surface area contributed by atoms with E-state index in [0.717, 1.165) is 5.56 Å². The van der Waals surface area contributed by atoms with E-state index in [2.05, 4.69) is 36.4 Å². The Morgan fingerprint density at radius 1 is 1.07 bits per heavy atom. The van der Waals surface area contributed by atoms with Gasteiger partial charge in [0.2, 0.25) is 0 Å². The Labute approximate surface area is 93.1 Å². The average Bonchev–Trinajstić information content (AvgIpc) is 2.30. The summed E-state index contributed by atoms with van der Waals surface area (Å²) in [6.45, 7) is 0. The molecular weight excluding hydrogens is 208 g/mol. The highest BCUT2D eigenvalue weighted by molar-refractivity contribution is 6.08. The Hall–Kier alpha value is -1.31. The first-order chi connectivity index (χ1) is 7.40. The van der Waals surface area contributed by atoms with Crippen LogP contribution in [0.3, 0.4) is 0 Å². The Bertz CT molecular complexity index is 540. The summed E-state index contributed by atoms with van der Waals surface area (Å²) in [6.07, 6.45) is 3.90. The summed E-state index contributed by atoms with van der Waals surface area (Å²) < 4.78 is 4.92. The minimum Gasteiger partial charge on any atom is -0.267 e. The highest BCUT2D eigenvalue weighted by Gasteiger charge is 2.17. The molecule has 0 aromatic heterocycles. The predicted octanol–water partition coefficient (Wildman–Crippen LogP) is 4.08. The molecule has 0 bridgehead atoms. The van der Waals surface area contributed by atoms with Crippen molar-refractivity contribution in [1.82, 2.24) is 0 Å². The van der Waals surface area contributed by atoms with Crippen molar-refractivity contribution in [2.24, 2.45) is 0 Å². The Balaban J connectivity index is 2.41. The molecule has 2 heteroatoms. The van der Waals surface area contributed by atoms with Crippen LogP contribution in [0.5, 0.6) is 0 Å². The van der Waals surface area contributed by atoms with Crippen LogP contribution in [-0.2, 0) is 4.29 Å². The fourth-order valence-electron chi connectivity index (χ4n) is 2.15. The summed E-state index contributed by atoms with van der Waals surface area (Å²) in [5.74, 6) is 0. The molecule has 1 atom stereocenters. The molecule has 3 rings (SSSR count). The van der Waals surface area contributed by atoms with Gasteiger partial charge in [0.15, 0.2) is 0 Å². The molecule has 1 unspecified atom stereocenters. The molecule has 2 aromatic rings. The van der Waals surface area contributed by atoms with E-state index < -0.39 is 0 Å². The zero-order chi connectivity index (χ0) is 10.3. The minimum absolute atomic E-state index is 0.134. The van der Waals surface area contributed by atoms with Gasteiger partial charge in [-0.15, -0.1) is 0 Å². The standard InChI is InChI=1S/C13H9ClO/c14-15-12-8-7-10-4-1-3-9-5-2-6-11(12)13(9)10/h1-8,12H. The van der Waals surface area contributed by atoms with Crippen LogP contribution in [0.2, 0.25) is 0 Å². The zero-order valence-corrected chi connectivity index (χ0v) is 8.74. The highest BCUT2D eigenvalue weighted by atomic mass is 35.5. The maximum atomic E-state index is 5.48. The van der Waals surface area contributed by atoms with Crippen LogP contribution < -0.4 is 0 Å². The monoisotopic (exact) mass is 216 g/mol. The number of hydrogen-bond donors (Lipinski definition) is 0. The molecule has 0 saturated heterocycles. The molecule has 0 N–H and O–H groups in total. The van der Waals surface area contributed by atoms with Crippen LogP contribution in [0.4, 0.5) is 0 Å². The summed E-state index contributed by atoms with van der Waals surface area (Å²) in [7, 11) is 0. The molecule has 0 radical (unpaired) electrons. The fourth-order valence-corrected chi connectivity index (χ4v) is 2.30. The molecule has 0 saturated carbocycles. The number of rotatable bonds is 1. The first-order valence-corrected chi connectivity index (χ1v) is 5.18. The van der Waals surface area contributed by atoms with Gasteiger partial charge in [-0.25, -0.2) is 0 Å². The normalized spacial score (nSPS) is 18.3. The third-order valence-electron chi connectivity index (χ3n) is 2.82. The van der Waals surface area contributed by atoms with E-state index in [1.807, 2.05) is 12.1 Å². The van der Waals surface area contributed by atoms with Crippen molar-refractivity contribution in [3.8, 4) is 0 Å². The summed E-state index contributed by atoms with van der Waals surface area (Å²) in [6, 6.07) is 12.5. The van der Waals surface area contributed by atoms with E-state index in [-0.39, 0.29) is 6.10 Å². The molecule has 2 aromatic carbocycles. The van der Waals surface area contributed by atoms with Crippen LogP contribution in [-0.4, -0.2) is 0 Å². The van der Waals surface area contributed by atoms with Gasteiger partial charge < -0.3 is 0 Å². The summed E-state index contributed by atoms with van der Waals surface area (Å²) in [5, 5.41) is 2.47. The third kappa shape index (κ3) is 1.28. The number of halogens is 1. The molecule has 15 heavy (non-hydrogen) atoms. The second-order valence-electron chi connectivity index (χ2n) is 3.66. The minimum atomic E-state index is -0.134. The largest absolute Gasteiger partial charge is 0.267 e. The molecule has 1 aliphatic rings. The van der Waals surface area contributed by atoms with Gasteiger partial charge in [0, 0.05) is 0 Å². The molecule has 0 heterocycles. The van der Waals surface area contributed by atoms with Crippen LogP contribution in [0.25, 0.3) is 16.8 Å². The second-order valence-corrected chi connectivity index (χ2v) is 3.84. The Morgan fingerprint density at radius 3 is 2.67 bits per heavy atom. The van der Waals surface area contributed by atoms with E-state index in [1.165, 1.54) is 16.3 Å². The van der Waals surface area contributed by atoms with Crippen molar-refractivity contribution in [3.63, 3.8) is 0 Å². The van der Waals surface area contributed by atoms with Gasteiger partial charge in [0.25, 0.3) is 0 Å². The van der Waals surface area contributed by atoms with Crippen LogP contribution >= 0.6 is 11.9 Å². The summed E-state index contributed by atoms with van der Waals surface area (Å²) >= 11 is 5.48. The third-order valence-corrected chi connectivity index (χ3v) is 3.01. The van der Waals surface area contributed by atoms with E-state index in [1.54, 1.807) is 0 Å². The molecule has 0 amide bonds. The smallest absolute Gasteiger partial charge is 0.123 e. The maximum absolute atomic E-state index is 5.48. The van der Waals surface area contributed by atoms with E-state index in [0.29, 0.717) is 0 Å². The summed E-state index contributed by atoms with van der Waals surface area (Å²) in [4.78, 5) is 0. The van der Waals surface area contributed by atoms with Crippen molar-refractivity contribution in [2.75, 3.05) is 0 Å². The number of benzene rings is 2. The van der Waals surface area contributed by atoms with Gasteiger partial charge in [-0.1, -0.05) is 42.5 Å². The lowest BCUT2D eigenvalue weighted by Crippen LogP contribution is -2.00. The molecule has 0 aliphatic heterocycles. The second kappa shape index (κ2) is 3.37. The van der Waals surface area contributed by atoms with E-state index in [4.69, 9.17) is 16.2 Å². The van der Waals surface area contributed by atoms with Crippen LogP contribution in [0, 0.1) is 0 Å².